The molecule has 1 unspecified atom stereocenters. The Hall–Kier alpha value is -2.48. The van der Waals surface area contributed by atoms with Gasteiger partial charge in [-0.25, -0.2) is 0 Å². The molecule has 0 heterocycles. The molecule has 0 aromatic heterocycles. The summed E-state index contributed by atoms with van der Waals surface area (Å²) < 4.78 is 0. The van der Waals surface area contributed by atoms with E-state index in [9.17, 15) is 10.2 Å². The van der Waals surface area contributed by atoms with Crippen LogP contribution in [0.1, 0.15) is 50.3 Å². The third-order valence-electron chi connectivity index (χ3n) is 6.80. The van der Waals surface area contributed by atoms with Crippen molar-refractivity contribution >= 4 is 0 Å². The van der Waals surface area contributed by atoms with Crippen molar-refractivity contribution in [3.8, 4) is 11.5 Å². The number of hydrogen-bond acceptors (Lipinski definition) is 2. The zero-order valence-electron chi connectivity index (χ0n) is 15.9. The van der Waals surface area contributed by atoms with E-state index < -0.39 is 0 Å². The molecule has 1 atom stereocenters. The van der Waals surface area contributed by atoms with Gasteiger partial charge < -0.3 is 10.2 Å². The summed E-state index contributed by atoms with van der Waals surface area (Å²) >= 11 is 0. The number of allylic oxidation sites excluding steroid dienone is 2. The van der Waals surface area contributed by atoms with Crippen LogP contribution in [0.4, 0.5) is 0 Å². The summed E-state index contributed by atoms with van der Waals surface area (Å²) in [4.78, 5) is 0. The molecule has 0 bridgehead atoms. The molecule has 0 spiro atoms. The fourth-order valence-corrected chi connectivity index (χ4v) is 5.35. The predicted octanol–water partition coefficient (Wildman–Crippen LogP) is 5.83. The second kappa shape index (κ2) is 6.05. The summed E-state index contributed by atoms with van der Waals surface area (Å²) in [6.07, 6.45) is 5.63. The third kappa shape index (κ3) is 2.18. The Morgan fingerprint density at radius 1 is 0.808 bits per heavy atom. The number of rotatable bonds is 5. The zero-order valence-corrected chi connectivity index (χ0v) is 15.9. The van der Waals surface area contributed by atoms with Crippen LogP contribution in [0.2, 0.25) is 0 Å². The molecule has 0 saturated heterocycles. The molecule has 136 valence electrons. The van der Waals surface area contributed by atoms with Crippen molar-refractivity contribution in [1.29, 1.82) is 0 Å². The monoisotopic (exact) mass is 348 g/mol. The van der Waals surface area contributed by atoms with Crippen LogP contribution in [0.25, 0.3) is 0 Å². The zero-order chi connectivity index (χ0) is 19.2. The number of benzene rings is 2. The number of phenols is 2. The quantitative estimate of drug-likeness (QED) is 0.667. The lowest BCUT2D eigenvalue weighted by atomic mass is 9.51. The van der Waals surface area contributed by atoms with Crippen molar-refractivity contribution in [3.63, 3.8) is 0 Å². The van der Waals surface area contributed by atoms with Crippen LogP contribution in [0.5, 0.6) is 11.5 Å². The first-order valence-electron chi connectivity index (χ1n) is 9.10. The smallest absolute Gasteiger partial charge is 0.115 e. The number of fused-ring (bicyclic) bond motifs is 1. The Bertz CT molecular complexity index is 835. The van der Waals surface area contributed by atoms with Gasteiger partial charge in [0.15, 0.2) is 0 Å². The van der Waals surface area contributed by atoms with Crippen LogP contribution >= 0.6 is 0 Å². The fourth-order valence-electron chi connectivity index (χ4n) is 5.35. The average molecular weight is 348 g/mol. The average Bonchev–Trinajstić information content (AvgIpc) is 2.73. The summed E-state index contributed by atoms with van der Waals surface area (Å²) in [6, 6.07) is 13.2. The summed E-state index contributed by atoms with van der Waals surface area (Å²) in [5.41, 5.74) is 2.81. The van der Waals surface area contributed by atoms with E-state index >= 15 is 0 Å². The Kier molecular flexibility index (Phi) is 4.26. The molecule has 0 saturated carbocycles. The van der Waals surface area contributed by atoms with Gasteiger partial charge in [0.25, 0.3) is 0 Å². The second-order valence-corrected chi connectivity index (χ2v) is 8.09. The minimum atomic E-state index is -0.360. The van der Waals surface area contributed by atoms with Gasteiger partial charge in [-0.15, -0.1) is 13.2 Å². The van der Waals surface area contributed by atoms with Crippen molar-refractivity contribution in [3.05, 3.63) is 84.5 Å². The van der Waals surface area contributed by atoms with Crippen molar-refractivity contribution in [2.45, 2.75) is 44.4 Å². The summed E-state index contributed by atoms with van der Waals surface area (Å²) in [5.74, 6) is 0.529. The molecule has 1 aliphatic rings. The van der Waals surface area contributed by atoms with E-state index in [4.69, 9.17) is 0 Å². The SMILES string of the molecule is C=CCC1(CC=C)C(C)(C)c2ccc(O)cc2C1(C)c1ccc(O)cc1. The highest BCUT2D eigenvalue weighted by molar-refractivity contribution is 5.58. The highest BCUT2D eigenvalue weighted by Gasteiger charge is 2.63. The predicted molar refractivity (Wildman–Crippen MR) is 108 cm³/mol. The minimum Gasteiger partial charge on any atom is -0.508 e. The molecule has 2 aromatic rings. The van der Waals surface area contributed by atoms with Crippen molar-refractivity contribution in [2.24, 2.45) is 5.41 Å². The van der Waals surface area contributed by atoms with Crippen molar-refractivity contribution in [2.75, 3.05) is 0 Å². The van der Waals surface area contributed by atoms with Crippen LogP contribution in [-0.4, -0.2) is 10.2 Å². The van der Waals surface area contributed by atoms with Crippen LogP contribution in [-0.2, 0) is 10.8 Å². The lowest BCUT2D eigenvalue weighted by Crippen LogP contribution is -2.49. The van der Waals surface area contributed by atoms with Crippen LogP contribution in [0, 0.1) is 5.41 Å². The van der Waals surface area contributed by atoms with Crippen LogP contribution in [0.3, 0.4) is 0 Å². The second-order valence-electron chi connectivity index (χ2n) is 8.09. The Morgan fingerprint density at radius 3 is 1.88 bits per heavy atom. The number of hydrogen-bond donors (Lipinski definition) is 2. The van der Waals surface area contributed by atoms with E-state index in [0.29, 0.717) is 0 Å². The molecular weight excluding hydrogens is 320 g/mol. The normalized spacial score (nSPS) is 22.6. The topological polar surface area (TPSA) is 40.5 Å². The highest BCUT2D eigenvalue weighted by atomic mass is 16.3. The molecular formula is C24H28O2. The van der Waals surface area contributed by atoms with Crippen LogP contribution in [0.15, 0.2) is 67.8 Å². The van der Waals surface area contributed by atoms with Gasteiger partial charge in [-0.1, -0.05) is 51.1 Å². The molecule has 0 radical (unpaired) electrons. The molecule has 0 aliphatic heterocycles. The Labute approximate surface area is 156 Å². The molecule has 2 heteroatoms. The third-order valence-corrected chi connectivity index (χ3v) is 6.80. The van der Waals surface area contributed by atoms with Gasteiger partial charge in [-0.3, -0.25) is 0 Å². The van der Waals surface area contributed by atoms with Gasteiger partial charge >= 0.3 is 0 Å². The molecule has 3 rings (SSSR count). The first kappa shape index (κ1) is 18.3. The molecule has 2 nitrogen and oxygen atoms in total. The van der Waals surface area contributed by atoms with E-state index in [1.165, 1.54) is 5.56 Å². The van der Waals surface area contributed by atoms with E-state index in [0.717, 1.165) is 24.0 Å². The standard InChI is InChI=1S/C24H28O2/c1-6-14-24(15-7-2)22(3,4)20-13-12-19(26)16-21(20)23(24,5)17-8-10-18(25)11-9-17/h6-13,16,25-26H,1-2,14-15H2,3-5H3. The molecule has 26 heavy (non-hydrogen) atoms. The van der Waals surface area contributed by atoms with Gasteiger partial charge in [-0.05, 0) is 64.6 Å². The Morgan fingerprint density at radius 2 is 1.35 bits per heavy atom. The Balaban J connectivity index is 2.43. The van der Waals surface area contributed by atoms with Crippen molar-refractivity contribution in [1.82, 2.24) is 0 Å². The van der Waals surface area contributed by atoms with Crippen molar-refractivity contribution < 1.29 is 10.2 Å². The number of phenolic OH excluding ortho intramolecular Hbond substituents is 2. The summed E-state index contributed by atoms with van der Waals surface area (Å²) in [5, 5.41) is 20.0. The largest absolute Gasteiger partial charge is 0.508 e. The minimum absolute atomic E-state index is 0.148. The van der Waals surface area contributed by atoms with E-state index in [1.54, 1.807) is 18.2 Å². The lowest BCUT2D eigenvalue weighted by Gasteiger charge is -2.51. The summed E-state index contributed by atoms with van der Waals surface area (Å²) in [6.45, 7) is 14.9. The molecule has 2 aromatic carbocycles. The van der Waals surface area contributed by atoms with Gasteiger partial charge in [0.2, 0.25) is 0 Å². The highest BCUT2D eigenvalue weighted by Crippen LogP contribution is 2.68. The fraction of sp³-hybridized carbons (Fsp3) is 0.333. The molecule has 0 fully saturated rings. The molecule has 0 amide bonds. The van der Waals surface area contributed by atoms with Gasteiger partial charge in [0.1, 0.15) is 11.5 Å². The van der Waals surface area contributed by atoms with Gasteiger partial charge in [-0.2, -0.15) is 0 Å². The first-order chi connectivity index (χ1) is 12.2. The van der Waals surface area contributed by atoms with E-state index in [1.807, 2.05) is 30.4 Å². The molecule has 1 aliphatic carbocycles. The summed E-state index contributed by atoms with van der Waals surface area (Å²) in [7, 11) is 0. The van der Waals surface area contributed by atoms with Gasteiger partial charge in [0.05, 0.1) is 0 Å². The molecule has 2 N–H and O–H groups in total. The maximum Gasteiger partial charge on any atom is 0.115 e. The van der Waals surface area contributed by atoms with Gasteiger partial charge in [0, 0.05) is 5.41 Å². The number of aromatic hydroxyl groups is 2. The lowest BCUT2D eigenvalue weighted by molar-refractivity contribution is 0.0955. The maximum atomic E-state index is 10.2. The van der Waals surface area contributed by atoms with E-state index in [2.05, 4.69) is 40.0 Å². The maximum absolute atomic E-state index is 10.2. The van der Waals surface area contributed by atoms with E-state index in [-0.39, 0.29) is 27.7 Å². The van der Waals surface area contributed by atoms with Crippen LogP contribution < -0.4 is 0 Å². The first-order valence-corrected chi connectivity index (χ1v) is 9.10.